The summed E-state index contributed by atoms with van der Waals surface area (Å²) in [6, 6.07) is 8.19. The molecule has 2 N–H and O–H groups in total. The van der Waals surface area contributed by atoms with Gasteiger partial charge >= 0.3 is 0 Å². The molecule has 2 aromatic rings. The van der Waals surface area contributed by atoms with Crippen molar-refractivity contribution in [3.05, 3.63) is 36.0 Å². The van der Waals surface area contributed by atoms with Gasteiger partial charge in [-0.15, -0.1) is 0 Å². The maximum Gasteiger partial charge on any atom is 0.254 e. The number of hydrogen-bond acceptors (Lipinski definition) is 3. The lowest BCUT2D eigenvalue weighted by Crippen LogP contribution is -2.43. The number of fused-ring (bicyclic) bond motifs is 1. The number of amides is 1. The molecule has 100 valence electrons. The highest BCUT2D eigenvalue weighted by molar-refractivity contribution is 7.78. The lowest BCUT2D eigenvalue weighted by Gasteiger charge is -2.31. The van der Waals surface area contributed by atoms with Crippen LogP contribution in [0.4, 0.5) is 0 Å². The molecular weight excluding hydrogens is 258 g/mol. The van der Waals surface area contributed by atoms with Gasteiger partial charge in [-0.2, -0.15) is 0 Å². The fourth-order valence-electron chi connectivity index (χ4n) is 2.65. The van der Waals surface area contributed by atoms with Crippen molar-refractivity contribution in [1.29, 1.82) is 0 Å². The van der Waals surface area contributed by atoms with Gasteiger partial charge < -0.3 is 9.88 Å². The highest BCUT2D eigenvalue weighted by Crippen LogP contribution is 2.21. The van der Waals surface area contributed by atoms with Gasteiger partial charge in [-0.1, -0.05) is 18.9 Å². The molecule has 0 spiro atoms. The van der Waals surface area contributed by atoms with Gasteiger partial charge in [0, 0.05) is 41.8 Å². The highest BCUT2D eigenvalue weighted by atomic mass is 32.1. The minimum Gasteiger partial charge on any atom is -0.361 e. The standard InChI is InChI=1S/C14H17N3OS/c18-14(17-8-5-10(16-19)6-9-17)12-2-1-3-13-11(12)4-7-15-13/h1-4,7,10,15-16,19H,5-6,8-9H2. The maximum absolute atomic E-state index is 12.6. The molecule has 1 aliphatic rings. The number of thiol groups is 1. The summed E-state index contributed by atoms with van der Waals surface area (Å²) in [6.07, 6.45) is 3.79. The monoisotopic (exact) mass is 275 g/mol. The smallest absolute Gasteiger partial charge is 0.254 e. The Morgan fingerprint density at radius 2 is 2.11 bits per heavy atom. The number of nitrogens with one attached hydrogen (secondary N) is 2. The van der Waals surface area contributed by atoms with Crippen LogP contribution in [0.25, 0.3) is 10.9 Å². The summed E-state index contributed by atoms with van der Waals surface area (Å²) in [5.74, 6) is 0.128. The van der Waals surface area contributed by atoms with Crippen molar-refractivity contribution in [2.75, 3.05) is 13.1 Å². The normalized spacial score (nSPS) is 17.0. The van der Waals surface area contributed by atoms with Crippen LogP contribution in [0, 0.1) is 0 Å². The first kappa shape index (κ1) is 12.6. The van der Waals surface area contributed by atoms with Crippen LogP contribution in [0.1, 0.15) is 23.2 Å². The molecule has 1 aromatic carbocycles. The minimum absolute atomic E-state index is 0.128. The summed E-state index contributed by atoms with van der Waals surface area (Å²) >= 11 is 4.10. The predicted molar refractivity (Wildman–Crippen MR) is 79.3 cm³/mol. The molecule has 0 saturated carbocycles. The molecule has 0 unspecified atom stereocenters. The number of rotatable bonds is 2. The maximum atomic E-state index is 12.6. The van der Waals surface area contributed by atoms with E-state index >= 15 is 0 Å². The average Bonchev–Trinajstić information content (AvgIpc) is 2.95. The number of carbonyl (C=O) groups excluding carboxylic acids is 1. The van der Waals surface area contributed by atoms with Gasteiger partial charge in [0.2, 0.25) is 0 Å². The van der Waals surface area contributed by atoms with Gasteiger partial charge in [0.05, 0.1) is 0 Å². The number of hydrogen-bond donors (Lipinski definition) is 3. The lowest BCUT2D eigenvalue weighted by molar-refractivity contribution is 0.0714. The average molecular weight is 275 g/mol. The summed E-state index contributed by atoms with van der Waals surface area (Å²) in [5, 5.41) is 1.00. The summed E-state index contributed by atoms with van der Waals surface area (Å²) < 4.78 is 2.98. The third-order valence-corrected chi connectivity index (χ3v) is 4.16. The van der Waals surface area contributed by atoms with Crippen molar-refractivity contribution in [2.45, 2.75) is 18.9 Å². The summed E-state index contributed by atoms with van der Waals surface area (Å²) in [7, 11) is 0. The number of aromatic amines is 1. The van der Waals surface area contributed by atoms with Crippen LogP contribution in [0.3, 0.4) is 0 Å². The van der Waals surface area contributed by atoms with Crippen molar-refractivity contribution in [3.63, 3.8) is 0 Å². The van der Waals surface area contributed by atoms with E-state index in [1.54, 1.807) is 0 Å². The zero-order valence-electron chi connectivity index (χ0n) is 10.6. The Hall–Kier alpha value is -1.46. The molecule has 1 amide bonds. The number of benzene rings is 1. The Morgan fingerprint density at radius 3 is 2.84 bits per heavy atom. The molecule has 1 aromatic heterocycles. The molecule has 0 radical (unpaired) electrons. The first-order chi connectivity index (χ1) is 9.29. The largest absolute Gasteiger partial charge is 0.361 e. The fourth-order valence-corrected chi connectivity index (χ4v) is 2.91. The van der Waals surface area contributed by atoms with E-state index in [0.29, 0.717) is 6.04 Å². The fraction of sp³-hybridized carbons (Fsp3) is 0.357. The van der Waals surface area contributed by atoms with Gasteiger partial charge in [-0.25, -0.2) is 0 Å². The van der Waals surface area contributed by atoms with Crippen LogP contribution in [-0.4, -0.2) is 34.9 Å². The van der Waals surface area contributed by atoms with Crippen LogP contribution in [0.5, 0.6) is 0 Å². The molecule has 1 aliphatic heterocycles. The second-order valence-electron chi connectivity index (χ2n) is 4.94. The van der Waals surface area contributed by atoms with Crippen molar-refractivity contribution in [3.8, 4) is 0 Å². The molecule has 3 rings (SSSR count). The Bertz CT molecular complexity index is 587. The molecule has 1 saturated heterocycles. The van der Waals surface area contributed by atoms with Crippen LogP contribution < -0.4 is 4.72 Å². The van der Waals surface area contributed by atoms with Crippen LogP contribution in [0.15, 0.2) is 30.5 Å². The number of piperidine rings is 1. The van der Waals surface area contributed by atoms with E-state index in [1.807, 2.05) is 35.4 Å². The SMILES string of the molecule is O=C(c1cccc2[nH]ccc12)N1CCC(NS)CC1. The van der Waals surface area contributed by atoms with Gasteiger partial charge in [-0.3, -0.25) is 9.52 Å². The van der Waals surface area contributed by atoms with Crippen LogP contribution in [0.2, 0.25) is 0 Å². The lowest BCUT2D eigenvalue weighted by atomic mass is 10.0. The van der Waals surface area contributed by atoms with Crippen molar-refractivity contribution in [2.24, 2.45) is 0 Å². The predicted octanol–water partition coefficient (Wildman–Crippen LogP) is 2.21. The molecule has 19 heavy (non-hydrogen) atoms. The molecule has 0 aliphatic carbocycles. The summed E-state index contributed by atoms with van der Waals surface area (Å²) in [4.78, 5) is 17.7. The van der Waals surface area contributed by atoms with E-state index in [1.165, 1.54) is 0 Å². The van der Waals surface area contributed by atoms with Gasteiger partial charge in [0.25, 0.3) is 5.91 Å². The first-order valence-corrected chi connectivity index (χ1v) is 6.99. The van der Waals surface area contributed by atoms with Crippen molar-refractivity contribution >= 4 is 29.6 Å². The molecule has 5 heteroatoms. The highest BCUT2D eigenvalue weighted by Gasteiger charge is 2.23. The number of carbonyl (C=O) groups is 1. The van der Waals surface area contributed by atoms with E-state index in [0.717, 1.165) is 42.4 Å². The third kappa shape index (κ3) is 2.35. The molecule has 2 heterocycles. The Morgan fingerprint density at radius 1 is 1.32 bits per heavy atom. The van der Waals surface area contributed by atoms with E-state index in [2.05, 4.69) is 22.5 Å². The van der Waals surface area contributed by atoms with E-state index in [9.17, 15) is 4.79 Å². The molecular formula is C14H17N3OS. The number of H-pyrrole nitrogens is 1. The minimum atomic E-state index is 0.128. The third-order valence-electron chi connectivity index (χ3n) is 3.79. The number of likely N-dealkylation sites (tertiary alicyclic amines) is 1. The topological polar surface area (TPSA) is 48.1 Å². The van der Waals surface area contributed by atoms with E-state index in [-0.39, 0.29) is 5.91 Å². The first-order valence-electron chi connectivity index (χ1n) is 6.54. The summed E-state index contributed by atoms with van der Waals surface area (Å²) in [5.41, 5.74) is 1.80. The van der Waals surface area contributed by atoms with Crippen molar-refractivity contribution in [1.82, 2.24) is 14.6 Å². The van der Waals surface area contributed by atoms with Gasteiger partial charge in [0.15, 0.2) is 0 Å². The number of nitrogens with zero attached hydrogens (tertiary/aromatic N) is 1. The zero-order valence-corrected chi connectivity index (χ0v) is 11.5. The van der Waals surface area contributed by atoms with Crippen molar-refractivity contribution < 1.29 is 4.79 Å². The second-order valence-corrected chi connectivity index (χ2v) is 5.20. The second kappa shape index (κ2) is 5.27. The summed E-state index contributed by atoms with van der Waals surface area (Å²) in [6.45, 7) is 1.58. The quantitative estimate of drug-likeness (QED) is 0.736. The molecule has 1 fully saturated rings. The Kier molecular flexibility index (Phi) is 3.48. The Balaban J connectivity index is 1.82. The van der Waals surface area contributed by atoms with E-state index in [4.69, 9.17) is 0 Å². The van der Waals surface area contributed by atoms with Crippen LogP contribution in [-0.2, 0) is 0 Å². The Labute approximate surface area is 117 Å². The molecule has 0 bridgehead atoms. The van der Waals surface area contributed by atoms with Gasteiger partial charge in [-0.05, 0) is 31.0 Å². The molecule has 0 atom stereocenters. The number of aromatic nitrogens is 1. The van der Waals surface area contributed by atoms with E-state index < -0.39 is 0 Å². The molecule has 4 nitrogen and oxygen atoms in total. The van der Waals surface area contributed by atoms with Crippen LogP contribution >= 0.6 is 12.8 Å². The van der Waals surface area contributed by atoms with Gasteiger partial charge in [0.1, 0.15) is 0 Å². The zero-order chi connectivity index (χ0) is 13.2.